The number of hydrogen-bond acceptors (Lipinski definition) is 10. The number of amides is 1. The minimum Gasteiger partial charge on any atom is -0.444 e. The Morgan fingerprint density at radius 2 is 1.95 bits per heavy atom. The van der Waals surface area contributed by atoms with E-state index in [-0.39, 0.29) is 46.8 Å². The maximum atomic E-state index is 14.3. The first-order valence-corrected chi connectivity index (χ1v) is 14.0. The Bertz CT molecular complexity index is 1510. The van der Waals surface area contributed by atoms with Crippen LogP contribution < -0.4 is 11.1 Å². The molecule has 0 aromatic carbocycles. The zero-order chi connectivity index (χ0) is 30.9. The number of carbonyl (C=O) groups excluding carboxylic acids is 1. The second kappa shape index (κ2) is 11.8. The van der Waals surface area contributed by atoms with Crippen LogP contribution in [0.25, 0.3) is 22.4 Å². The molecular formula is C27H34F3N9O4. The third-order valence-corrected chi connectivity index (χ3v) is 7.08. The smallest absolute Gasteiger partial charge is 0.420 e. The molecule has 2 aliphatic rings. The standard InChI is InChI=1S/C27H34F3N9O4/c1-26(2,3)43-25(40)38-11-6-7-15(14-38)33-24-32-13-17(27(28,29)30)21(35-24)20-16-9-10-18(22(31)37-41)34-23(16)39(36-20)19-8-4-5-12-42-19/h9-10,13,15,19,41H,4-8,11-12,14H2,1-3H3,(H2,31,37)(H,32,33,35)/t15-,19?/m0/s1. The molecule has 232 valence electrons. The van der Waals surface area contributed by atoms with Crippen molar-refractivity contribution in [3.05, 3.63) is 29.6 Å². The van der Waals surface area contributed by atoms with Gasteiger partial charge >= 0.3 is 12.3 Å². The molecule has 0 radical (unpaired) electrons. The molecule has 5 heterocycles. The molecule has 4 N–H and O–H groups in total. The van der Waals surface area contributed by atoms with Gasteiger partial charge < -0.3 is 30.6 Å². The number of nitrogens with two attached hydrogens (primary N) is 1. The number of nitrogens with one attached hydrogen (secondary N) is 1. The average Bonchev–Trinajstić information content (AvgIpc) is 3.35. The fourth-order valence-corrected chi connectivity index (χ4v) is 5.11. The van der Waals surface area contributed by atoms with Crippen LogP contribution in [0.15, 0.2) is 23.5 Å². The molecule has 0 aliphatic carbocycles. The van der Waals surface area contributed by atoms with Gasteiger partial charge in [-0.25, -0.2) is 24.4 Å². The van der Waals surface area contributed by atoms with Crippen LogP contribution in [-0.2, 0) is 15.7 Å². The van der Waals surface area contributed by atoms with Crippen molar-refractivity contribution < 1.29 is 32.6 Å². The van der Waals surface area contributed by atoms with Gasteiger partial charge in [-0.1, -0.05) is 5.16 Å². The summed E-state index contributed by atoms with van der Waals surface area (Å²) in [6.45, 7) is 6.56. The molecule has 1 amide bonds. The van der Waals surface area contributed by atoms with Crippen LogP contribution in [0.2, 0.25) is 0 Å². The summed E-state index contributed by atoms with van der Waals surface area (Å²) in [7, 11) is 0. The van der Waals surface area contributed by atoms with Crippen LogP contribution >= 0.6 is 0 Å². The van der Waals surface area contributed by atoms with E-state index in [1.165, 1.54) is 16.8 Å². The number of ether oxygens (including phenoxy) is 2. The fraction of sp³-hybridized carbons (Fsp3) is 0.556. The summed E-state index contributed by atoms with van der Waals surface area (Å²) < 4.78 is 55.6. The van der Waals surface area contributed by atoms with Crippen molar-refractivity contribution in [2.45, 2.75) is 76.9 Å². The number of nitrogens with zero attached hydrogens (tertiary/aromatic N) is 7. The Hall–Kier alpha value is -4.21. The first-order valence-electron chi connectivity index (χ1n) is 14.0. The van der Waals surface area contributed by atoms with Crippen molar-refractivity contribution in [3.8, 4) is 11.4 Å². The Morgan fingerprint density at radius 3 is 2.63 bits per heavy atom. The summed E-state index contributed by atoms with van der Waals surface area (Å²) in [4.78, 5) is 26.9. The lowest BCUT2D eigenvalue weighted by Crippen LogP contribution is -2.47. The highest BCUT2D eigenvalue weighted by molar-refractivity contribution is 5.99. The average molecular weight is 606 g/mol. The van der Waals surface area contributed by atoms with Gasteiger partial charge in [-0.05, 0) is 65.0 Å². The molecule has 2 saturated heterocycles. The number of oxime groups is 1. The highest BCUT2D eigenvalue weighted by atomic mass is 19.4. The monoisotopic (exact) mass is 605 g/mol. The Labute approximate surface area is 245 Å². The summed E-state index contributed by atoms with van der Waals surface area (Å²) in [6, 6.07) is 2.61. The van der Waals surface area contributed by atoms with Gasteiger partial charge in [0.2, 0.25) is 5.95 Å². The first kappa shape index (κ1) is 30.3. The van der Waals surface area contributed by atoms with E-state index in [4.69, 9.17) is 20.4 Å². The summed E-state index contributed by atoms with van der Waals surface area (Å²) in [5.41, 5.74) is 3.82. The molecule has 2 fully saturated rings. The number of piperidine rings is 1. The summed E-state index contributed by atoms with van der Waals surface area (Å²) >= 11 is 0. The number of hydrogen-bond donors (Lipinski definition) is 3. The number of amidine groups is 1. The molecule has 16 heteroatoms. The van der Waals surface area contributed by atoms with E-state index in [1.807, 2.05) is 0 Å². The molecule has 3 aromatic heterocycles. The quantitative estimate of drug-likeness (QED) is 0.163. The molecule has 1 unspecified atom stereocenters. The predicted octanol–water partition coefficient (Wildman–Crippen LogP) is 4.51. The second-order valence-corrected chi connectivity index (χ2v) is 11.5. The number of aromatic nitrogens is 5. The summed E-state index contributed by atoms with van der Waals surface area (Å²) in [6.07, 6.45) is -1.54. The lowest BCUT2D eigenvalue weighted by Gasteiger charge is -2.34. The second-order valence-electron chi connectivity index (χ2n) is 11.5. The third-order valence-electron chi connectivity index (χ3n) is 7.08. The van der Waals surface area contributed by atoms with Gasteiger partial charge in [0, 0.05) is 37.3 Å². The SMILES string of the molecule is CC(C)(C)OC(=O)N1CCC[C@H](Nc2ncc(C(F)(F)F)c(-c3nn(C4CCCCO4)c4nc(/C(N)=N/O)ccc34)n2)C1. The molecule has 43 heavy (non-hydrogen) atoms. The minimum atomic E-state index is -4.79. The van der Waals surface area contributed by atoms with Crippen LogP contribution in [0.4, 0.5) is 23.9 Å². The predicted molar refractivity (Wildman–Crippen MR) is 149 cm³/mol. The molecule has 13 nitrogen and oxygen atoms in total. The van der Waals surface area contributed by atoms with Crippen molar-refractivity contribution in [3.63, 3.8) is 0 Å². The van der Waals surface area contributed by atoms with E-state index < -0.39 is 35.4 Å². The van der Waals surface area contributed by atoms with Crippen molar-refractivity contribution in [2.75, 3.05) is 25.0 Å². The van der Waals surface area contributed by atoms with Crippen molar-refractivity contribution >= 4 is 28.9 Å². The van der Waals surface area contributed by atoms with Gasteiger partial charge in [-0.15, -0.1) is 0 Å². The molecule has 0 bridgehead atoms. The molecule has 2 aliphatic heterocycles. The van der Waals surface area contributed by atoms with Gasteiger partial charge in [-0.3, -0.25) is 0 Å². The van der Waals surface area contributed by atoms with Gasteiger partial charge in [0.15, 0.2) is 17.7 Å². The number of rotatable bonds is 5. The number of carbonyl (C=O) groups is 1. The Morgan fingerprint density at radius 1 is 1.16 bits per heavy atom. The lowest BCUT2D eigenvalue weighted by molar-refractivity contribution is -0.137. The van der Waals surface area contributed by atoms with E-state index in [1.54, 1.807) is 25.7 Å². The number of halogens is 3. The third kappa shape index (κ3) is 6.73. The van der Waals surface area contributed by atoms with Gasteiger partial charge in [-0.2, -0.15) is 18.3 Å². The van der Waals surface area contributed by atoms with Crippen molar-refractivity contribution in [2.24, 2.45) is 10.9 Å². The van der Waals surface area contributed by atoms with Crippen LogP contribution in [0, 0.1) is 0 Å². The zero-order valence-electron chi connectivity index (χ0n) is 24.1. The van der Waals surface area contributed by atoms with E-state index in [2.05, 4.69) is 30.5 Å². The largest absolute Gasteiger partial charge is 0.444 e. The number of alkyl halides is 3. The molecule has 0 saturated carbocycles. The van der Waals surface area contributed by atoms with Crippen LogP contribution in [-0.4, -0.2) is 78.1 Å². The lowest BCUT2D eigenvalue weighted by atomic mass is 10.1. The first-order chi connectivity index (χ1) is 20.3. The van der Waals surface area contributed by atoms with Gasteiger partial charge in [0.1, 0.15) is 28.2 Å². The van der Waals surface area contributed by atoms with E-state index in [9.17, 15) is 18.0 Å². The summed E-state index contributed by atoms with van der Waals surface area (Å²) in [5.74, 6) is -0.310. The number of anilines is 1. The maximum absolute atomic E-state index is 14.3. The van der Waals surface area contributed by atoms with Crippen molar-refractivity contribution in [1.29, 1.82) is 0 Å². The number of likely N-dealkylation sites (tertiary alicyclic amines) is 1. The summed E-state index contributed by atoms with van der Waals surface area (Å²) in [5, 5.41) is 20.0. The molecular weight excluding hydrogens is 571 g/mol. The molecule has 0 spiro atoms. The van der Waals surface area contributed by atoms with Crippen LogP contribution in [0.3, 0.4) is 0 Å². The van der Waals surface area contributed by atoms with E-state index in [0.29, 0.717) is 32.4 Å². The molecule has 5 rings (SSSR count). The van der Waals surface area contributed by atoms with Crippen molar-refractivity contribution in [1.82, 2.24) is 29.6 Å². The highest BCUT2D eigenvalue weighted by Gasteiger charge is 2.38. The zero-order valence-corrected chi connectivity index (χ0v) is 24.1. The van der Waals surface area contributed by atoms with E-state index in [0.717, 1.165) is 19.0 Å². The van der Waals surface area contributed by atoms with Crippen LogP contribution in [0.5, 0.6) is 0 Å². The minimum absolute atomic E-state index is 0.0445. The normalized spacial score (nSPS) is 20.3. The van der Waals surface area contributed by atoms with Gasteiger partial charge in [0.05, 0.1) is 0 Å². The van der Waals surface area contributed by atoms with E-state index >= 15 is 0 Å². The number of fused-ring (bicyclic) bond motifs is 1. The molecule has 3 aromatic rings. The number of pyridine rings is 1. The Balaban J connectivity index is 1.54. The Kier molecular flexibility index (Phi) is 8.31. The maximum Gasteiger partial charge on any atom is 0.420 e. The topological polar surface area (TPSA) is 166 Å². The highest BCUT2D eigenvalue weighted by Crippen LogP contribution is 2.39. The molecule has 2 atom stereocenters. The van der Waals surface area contributed by atoms with Crippen LogP contribution in [0.1, 0.15) is 70.4 Å². The van der Waals surface area contributed by atoms with Gasteiger partial charge in [0.25, 0.3) is 0 Å². The fourth-order valence-electron chi connectivity index (χ4n) is 5.11.